The summed E-state index contributed by atoms with van der Waals surface area (Å²) in [5.74, 6) is 0.582. The van der Waals surface area contributed by atoms with Crippen molar-refractivity contribution >= 4 is 0 Å². The monoisotopic (exact) mass is 258 g/mol. The van der Waals surface area contributed by atoms with Crippen LogP contribution in [0.3, 0.4) is 0 Å². The fraction of sp³-hybridized carbons (Fsp3) is 1.00. The van der Waals surface area contributed by atoms with E-state index in [0.717, 1.165) is 38.9 Å². The molecule has 1 N–H and O–H groups in total. The first-order chi connectivity index (χ1) is 8.18. The maximum Gasteiger partial charge on any atom is 0.157 e. The molecule has 1 saturated heterocycles. The van der Waals surface area contributed by atoms with E-state index < -0.39 is 5.60 Å². The molecule has 0 saturated carbocycles. The molecule has 0 amide bonds. The molecule has 1 atom stereocenters. The summed E-state index contributed by atoms with van der Waals surface area (Å²) in [4.78, 5) is 0. The summed E-state index contributed by atoms with van der Waals surface area (Å²) < 4.78 is 11.5. The Bertz CT molecular complexity index is 233. The maximum absolute atomic E-state index is 9.66. The van der Waals surface area contributed by atoms with E-state index in [1.165, 1.54) is 0 Å². The van der Waals surface area contributed by atoms with Gasteiger partial charge in [0.1, 0.15) is 0 Å². The van der Waals surface area contributed by atoms with Crippen LogP contribution in [0.25, 0.3) is 0 Å². The van der Waals surface area contributed by atoms with Crippen LogP contribution < -0.4 is 0 Å². The van der Waals surface area contributed by atoms with E-state index in [0.29, 0.717) is 5.92 Å². The van der Waals surface area contributed by atoms with Crippen LogP contribution in [0.2, 0.25) is 0 Å². The molecule has 18 heavy (non-hydrogen) atoms. The summed E-state index contributed by atoms with van der Waals surface area (Å²) in [6, 6.07) is 0. The molecule has 1 fully saturated rings. The third-order valence-corrected chi connectivity index (χ3v) is 3.40. The van der Waals surface area contributed by atoms with Crippen LogP contribution in [0.4, 0.5) is 0 Å². The van der Waals surface area contributed by atoms with Crippen molar-refractivity contribution in [1.29, 1.82) is 0 Å². The summed E-state index contributed by atoms with van der Waals surface area (Å²) in [5, 5.41) is 9.66. The Labute approximate surface area is 112 Å². The van der Waals surface area contributed by atoms with Crippen molar-refractivity contribution < 1.29 is 14.6 Å². The second kappa shape index (κ2) is 6.36. The zero-order valence-electron chi connectivity index (χ0n) is 12.7. The smallest absolute Gasteiger partial charge is 0.157 e. The highest BCUT2D eigenvalue weighted by molar-refractivity contribution is 4.72. The SMILES string of the molecule is C[C@H](CCCC(C)(C)O)CC1OCC(C)(C)CO1. The summed E-state index contributed by atoms with van der Waals surface area (Å²) in [5.41, 5.74) is -0.387. The van der Waals surface area contributed by atoms with Gasteiger partial charge in [-0.2, -0.15) is 0 Å². The van der Waals surface area contributed by atoms with Gasteiger partial charge in [0.25, 0.3) is 0 Å². The van der Waals surface area contributed by atoms with Crippen LogP contribution in [0.15, 0.2) is 0 Å². The topological polar surface area (TPSA) is 38.7 Å². The molecule has 0 radical (unpaired) electrons. The van der Waals surface area contributed by atoms with Gasteiger partial charge in [-0.25, -0.2) is 0 Å². The first-order valence-corrected chi connectivity index (χ1v) is 7.14. The van der Waals surface area contributed by atoms with Gasteiger partial charge in [0.15, 0.2) is 6.29 Å². The van der Waals surface area contributed by atoms with E-state index in [1.807, 2.05) is 13.8 Å². The predicted octanol–water partition coefficient (Wildman–Crippen LogP) is 3.35. The number of hydrogen-bond donors (Lipinski definition) is 1. The lowest BCUT2D eigenvalue weighted by Gasteiger charge is -2.35. The van der Waals surface area contributed by atoms with E-state index in [2.05, 4.69) is 20.8 Å². The first-order valence-electron chi connectivity index (χ1n) is 7.14. The lowest BCUT2D eigenvalue weighted by Crippen LogP contribution is -2.38. The van der Waals surface area contributed by atoms with E-state index in [9.17, 15) is 5.11 Å². The largest absolute Gasteiger partial charge is 0.390 e. The zero-order valence-corrected chi connectivity index (χ0v) is 12.7. The van der Waals surface area contributed by atoms with Crippen LogP contribution in [-0.4, -0.2) is 30.2 Å². The van der Waals surface area contributed by atoms with E-state index >= 15 is 0 Å². The molecule has 1 aliphatic heterocycles. The molecule has 108 valence electrons. The van der Waals surface area contributed by atoms with Crippen LogP contribution in [-0.2, 0) is 9.47 Å². The number of hydrogen-bond acceptors (Lipinski definition) is 3. The highest BCUT2D eigenvalue weighted by atomic mass is 16.7. The van der Waals surface area contributed by atoms with Crippen molar-refractivity contribution in [2.75, 3.05) is 13.2 Å². The molecule has 0 spiro atoms. The average molecular weight is 258 g/mol. The Morgan fingerprint density at radius 1 is 1.28 bits per heavy atom. The van der Waals surface area contributed by atoms with Crippen molar-refractivity contribution in [2.45, 2.75) is 72.2 Å². The Morgan fingerprint density at radius 3 is 2.33 bits per heavy atom. The Balaban J connectivity index is 2.15. The minimum atomic E-state index is -0.540. The highest BCUT2D eigenvalue weighted by Crippen LogP contribution is 2.27. The van der Waals surface area contributed by atoms with Crippen LogP contribution in [0.5, 0.6) is 0 Å². The quantitative estimate of drug-likeness (QED) is 0.794. The number of aliphatic hydroxyl groups is 1. The van der Waals surface area contributed by atoms with Gasteiger partial charge in [0, 0.05) is 11.8 Å². The molecule has 1 heterocycles. The lowest BCUT2D eigenvalue weighted by molar-refractivity contribution is -0.227. The second-order valence-electron chi connectivity index (χ2n) is 7.26. The van der Waals surface area contributed by atoms with Gasteiger partial charge in [-0.3, -0.25) is 0 Å². The molecule has 0 aromatic carbocycles. The van der Waals surface area contributed by atoms with Gasteiger partial charge in [-0.05, 0) is 26.2 Å². The summed E-state index contributed by atoms with van der Waals surface area (Å²) in [7, 11) is 0. The molecule has 3 nitrogen and oxygen atoms in total. The van der Waals surface area contributed by atoms with Crippen molar-refractivity contribution in [3.8, 4) is 0 Å². The molecule has 1 rings (SSSR count). The molecule has 3 heteroatoms. The van der Waals surface area contributed by atoms with Crippen molar-refractivity contribution in [3.63, 3.8) is 0 Å². The Kier molecular flexibility index (Phi) is 5.63. The van der Waals surface area contributed by atoms with Gasteiger partial charge >= 0.3 is 0 Å². The van der Waals surface area contributed by atoms with Gasteiger partial charge in [0.2, 0.25) is 0 Å². The summed E-state index contributed by atoms with van der Waals surface area (Å²) in [6.07, 6.45) is 3.97. The Morgan fingerprint density at radius 2 is 1.83 bits per heavy atom. The third-order valence-electron chi connectivity index (χ3n) is 3.40. The fourth-order valence-corrected chi connectivity index (χ4v) is 2.19. The number of rotatable bonds is 6. The maximum atomic E-state index is 9.66. The van der Waals surface area contributed by atoms with Gasteiger partial charge in [0.05, 0.1) is 18.8 Å². The van der Waals surface area contributed by atoms with Crippen molar-refractivity contribution in [2.24, 2.45) is 11.3 Å². The minimum absolute atomic E-state index is 0.0323. The van der Waals surface area contributed by atoms with Crippen LogP contribution >= 0.6 is 0 Å². The third kappa shape index (κ3) is 6.72. The van der Waals surface area contributed by atoms with Crippen LogP contribution in [0.1, 0.15) is 60.3 Å². The van der Waals surface area contributed by atoms with Crippen LogP contribution in [0, 0.1) is 11.3 Å². The van der Waals surface area contributed by atoms with Gasteiger partial charge in [-0.15, -0.1) is 0 Å². The molecular formula is C15H30O3. The summed E-state index contributed by atoms with van der Waals surface area (Å²) in [6.45, 7) is 11.9. The highest BCUT2D eigenvalue weighted by Gasteiger charge is 2.29. The normalized spacial score (nSPS) is 23.0. The molecule has 1 aliphatic rings. The fourth-order valence-electron chi connectivity index (χ4n) is 2.19. The molecule has 0 aromatic rings. The first kappa shape index (κ1) is 15.9. The van der Waals surface area contributed by atoms with Crippen molar-refractivity contribution in [1.82, 2.24) is 0 Å². The lowest BCUT2D eigenvalue weighted by atomic mass is 9.93. The molecule has 0 unspecified atom stereocenters. The zero-order chi connectivity index (χ0) is 13.8. The molecule has 0 aromatic heterocycles. The van der Waals surface area contributed by atoms with E-state index in [-0.39, 0.29) is 11.7 Å². The number of ether oxygens (including phenoxy) is 2. The molecule has 0 aliphatic carbocycles. The van der Waals surface area contributed by atoms with Gasteiger partial charge in [-0.1, -0.05) is 33.6 Å². The van der Waals surface area contributed by atoms with E-state index in [4.69, 9.17) is 9.47 Å². The average Bonchev–Trinajstić information content (AvgIpc) is 2.19. The summed E-state index contributed by atoms with van der Waals surface area (Å²) >= 11 is 0. The molecule has 0 bridgehead atoms. The predicted molar refractivity (Wildman–Crippen MR) is 73.4 cm³/mol. The van der Waals surface area contributed by atoms with Gasteiger partial charge < -0.3 is 14.6 Å². The van der Waals surface area contributed by atoms with Crippen molar-refractivity contribution in [3.05, 3.63) is 0 Å². The Hall–Kier alpha value is -0.120. The minimum Gasteiger partial charge on any atom is -0.390 e. The van der Waals surface area contributed by atoms with E-state index in [1.54, 1.807) is 0 Å². The standard InChI is InChI=1S/C15H30O3/c1-12(7-6-8-15(4,5)16)9-13-17-10-14(2,3)11-18-13/h12-13,16H,6-11H2,1-5H3/t12-/m1/s1. The second-order valence-corrected chi connectivity index (χ2v) is 7.26. The molecular weight excluding hydrogens is 228 g/mol.